The Morgan fingerprint density at radius 1 is 1.32 bits per heavy atom. The van der Waals surface area contributed by atoms with Gasteiger partial charge in [0.25, 0.3) is 5.91 Å². The Kier molecular flexibility index (Phi) is 6.72. The molecule has 0 aromatic heterocycles. The maximum atomic E-state index is 11.5. The van der Waals surface area contributed by atoms with Gasteiger partial charge >= 0.3 is 0 Å². The van der Waals surface area contributed by atoms with Crippen LogP contribution in [0.25, 0.3) is 0 Å². The van der Waals surface area contributed by atoms with E-state index in [1.165, 1.54) is 37.7 Å². The summed E-state index contributed by atoms with van der Waals surface area (Å²) in [7, 11) is 0. The van der Waals surface area contributed by atoms with Gasteiger partial charge in [0.1, 0.15) is 5.75 Å². The van der Waals surface area contributed by atoms with E-state index in [-0.39, 0.29) is 12.5 Å². The summed E-state index contributed by atoms with van der Waals surface area (Å²) >= 11 is 0. The van der Waals surface area contributed by atoms with Crippen molar-refractivity contribution in [3.05, 3.63) is 29.8 Å². The summed E-state index contributed by atoms with van der Waals surface area (Å²) in [6, 6.07) is 8.23. The van der Waals surface area contributed by atoms with Crippen molar-refractivity contribution in [1.29, 1.82) is 0 Å². The second-order valence-electron chi connectivity index (χ2n) is 6.16. The first-order valence-electron chi connectivity index (χ1n) is 8.42. The number of carbonyl (C=O) groups excluding carboxylic acids is 1. The molecule has 1 aliphatic rings. The zero-order valence-corrected chi connectivity index (χ0v) is 13.5. The lowest BCUT2D eigenvalue weighted by Crippen LogP contribution is -2.32. The topological polar surface area (TPSA) is 64.3 Å². The van der Waals surface area contributed by atoms with E-state index >= 15 is 0 Å². The van der Waals surface area contributed by atoms with E-state index in [1.54, 1.807) is 0 Å². The Morgan fingerprint density at radius 3 is 2.77 bits per heavy atom. The highest BCUT2D eigenvalue weighted by Crippen LogP contribution is 2.40. The molecule has 1 fully saturated rings. The van der Waals surface area contributed by atoms with E-state index < -0.39 is 0 Å². The van der Waals surface area contributed by atoms with Crippen LogP contribution in [-0.2, 0) is 4.79 Å². The molecule has 2 rings (SSSR count). The van der Waals surface area contributed by atoms with E-state index in [1.807, 2.05) is 12.1 Å². The highest BCUT2D eigenvalue weighted by atomic mass is 16.5. The van der Waals surface area contributed by atoms with Crippen LogP contribution >= 0.6 is 0 Å². The molecular formula is C18H28N2O2. The van der Waals surface area contributed by atoms with Crippen molar-refractivity contribution in [2.45, 2.75) is 44.9 Å². The summed E-state index contributed by atoms with van der Waals surface area (Å²) in [5.74, 6) is 2.21. The van der Waals surface area contributed by atoms with Gasteiger partial charge in [0.2, 0.25) is 0 Å². The predicted molar refractivity (Wildman–Crippen MR) is 89.0 cm³/mol. The summed E-state index contributed by atoms with van der Waals surface area (Å²) in [6.45, 7) is 3.24. The molecule has 4 heteroatoms. The van der Waals surface area contributed by atoms with E-state index in [2.05, 4.69) is 24.4 Å². The molecule has 0 heterocycles. The quantitative estimate of drug-likeness (QED) is 0.776. The van der Waals surface area contributed by atoms with Gasteiger partial charge in [-0.05, 0) is 48.8 Å². The summed E-state index contributed by atoms with van der Waals surface area (Å²) in [5, 5.41) is 2.69. The maximum Gasteiger partial charge on any atom is 0.257 e. The highest BCUT2D eigenvalue weighted by Gasteiger charge is 2.24. The summed E-state index contributed by atoms with van der Waals surface area (Å²) in [6.07, 6.45) is 6.62. The van der Waals surface area contributed by atoms with Gasteiger partial charge in [-0.2, -0.15) is 0 Å². The number of hydrogen-bond acceptors (Lipinski definition) is 3. The first-order valence-corrected chi connectivity index (χ1v) is 8.42. The molecule has 1 aromatic rings. The molecule has 3 N–H and O–H groups in total. The Bertz CT molecular complexity index is 459. The van der Waals surface area contributed by atoms with Crippen molar-refractivity contribution < 1.29 is 9.53 Å². The van der Waals surface area contributed by atoms with Crippen LogP contribution in [0.15, 0.2) is 24.3 Å². The van der Waals surface area contributed by atoms with Gasteiger partial charge < -0.3 is 15.8 Å². The lowest BCUT2D eigenvalue weighted by atomic mass is 9.95. The molecule has 1 amide bonds. The molecule has 0 saturated heterocycles. The zero-order chi connectivity index (χ0) is 15.8. The van der Waals surface area contributed by atoms with Gasteiger partial charge in [0.15, 0.2) is 6.61 Å². The largest absolute Gasteiger partial charge is 0.484 e. The Morgan fingerprint density at radius 2 is 2.09 bits per heavy atom. The van der Waals surface area contributed by atoms with E-state index in [9.17, 15) is 4.79 Å². The number of hydrogen-bond donors (Lipinski definition) is 2. The fourth-order valence-corrected chi connectivity index (χ4v) is 3.30. The van der Waals surface area contributed by atoms with Gasteiger partial charge in [-0.1, -0.05) is 31.9 Å². The van der Waals surface area contributed by atoms with Gasteiger partial charge in [-0.3, -0.25) is 4.79 Å². The van der Waals surface area contributed by atoms with E-state index in [0.29, 0.717) is 19.0 Å². The second kappa shape index (κ2) is 8.79. The number of carbonyl (C=O) groups is 1. The lowest BCUT2D eigenvalue weighted by Gasteiger charge is -2.12. The van der Waals surface area contributed by atoms with Crippen molar-refractivity contribution >= 4 is 5.91 Å². The van der Waals surface area contributed by atoms with Crippen LogP contribution in [0.1, 0.15) is 50.5 Å². The molecule has 1 saturated carbocycles. The zero-order valence-electron chi connectivity index (χ0n) is 13.5. The fourth-order valence-electron chi connectivity index (χ4n) is 3.30. The number of nitrogens with two attached hydrogens (primary N) is 1. The van der Waals surface area contributed by atoms with Crippen molar-refractivity contribution in [2.75, 3.05) is 19.7 Å². The van der Waals surface area contributed by atoms with E-state index in [0.717, 1.165) is 11.7 Å². The number of rotatable bonds is 8. The summed E-state index contributed by atoms with van der Waals surface area (Å²) < 4.78 is 5.49. The fraction of sp³-hybridized carbons (Fsp3) is 0.611. The molecule has 22 heavy (non-hydrogen) atoms. The van der Waals surface area contributed by atoms with Crippen LogP contribution in [-0.4, -0.2) is 25.6 Å². The number of benzene rings is 1. The van der Waals surface area contributed by atoms with Crippen LogP contribution in [0.2, 0.25) is 0 Å². The molecule has 2 atom stereocenters. The smallest absolute Gasteiger partial charge is 0.257 e. The summed E-state index contributed by atoms with van der Waals surface area (Å²) in [4.78, 5) is 11.5. The molecule has 0 spiro atoms. The second-order valence-corrected chi connectivity index (χ2v) is 6.16. The molecule has 0 bridgehead atoms. The highest BCUT2D eigenvalue weighted by molar-refractivity contribution is 5.77. The molecule has 122 valence electrons. The lowest BCUT2D eigenvalue weighted by molar-refractivity contribution is -0.123. The SMILES string of the molecule is CCCC1CCC(c2ccc(OCC(=O)NCCN)cc2)C1. The maximum absolute atomic E-state index is 11.5. The third-order valence-corrected chi connectivity index (χ3v) is 4.43. The average Bonchev–Trinajstić information content (AvgIpc) is 3.00. The number of nitrogens with one attached hydrogen (secondary N) is 1. The normalized spacial score (nSPS) is 20.8. The standard InChI is InChI=1S/C18H28N2O2/c1-2-3-14-4-5-16(12-14)15-6-8-17(9-7-15)22-13-18(21)20-11-10-19/h6-9,14,16H,2-5,10-13,19H2,1H3,(H,20,21). The van der Waals surface area contributed by atoms with Crippen LogP contribution in [0.3, 0.4) is 0 Å². The van der Waals surface area contributed by atoms with Crippen molar-refractivity contribution in [1.82, 2.24) is 5.32 Å². The van der Waals surface area contributed by atoms with Crippen LogP contribution in [0, 0.1) is 5.92 Å². The van der Waals surface area contributed by atoms with Crippen LogP contribution in [0.4, 0.5) is 0 Å². The van der Waals surface area contributed by atoms with Crippen LogP contribution < -0.4 is 15.8 Å². The Hall–Kier alpha value is -1.55. The van der Waals surface area contributed by atoms with Crippen LogP contribution in [0.5, 0.6) is 5.75 Å². The van der Waals surface area contributed by atoms with Crippen molar-refractivity contribution in [3.8, 4) is 5.75 Å². The number of ether oxygens (including phenoxy) is 1. The third-order valence-electron chi connectivity index (χ3n) is 4.43. The molecular weight excluding hydrogens is 276 g/mol. The number of amides is 1. The minimum absolute atomic E-state index is 0.0430. The van der Waals surface area contributed by atoms with Crippen molar-refractivity contribution in [2.24, 2.45) is 11.7 Å². The summed E-state index contributed by atoms with van der Waals surface area (Å²) in [5.41, 5.74) is 6.73. The van der Waals surface area contributed by atoms with Gasteiger partial charge in [0.05, 0.1) is 0 Å². The van der Waals surface area contributed by atoms with Crippen molar-refractivity contribution in [3.63, 3.8) is 0 Å². The first kappa shape index (κ1) is 16.8. The van der Waals surface area contributed by atoms with Gasteiger partial charge in [-0.15, -0.1) is 0 Å². The van der Waals surface area contributed by atoms with Gasteiger partial charge in [0, 0.05) is 13.1 Å². The molecule has 1 aliphatic carbocycles. The monoisotopic (exact) mass is 304 g/mol. The minimum atomic E-state index is -0.132. The van der Waals surface area contributed by atoms with Gasteiger partial charge in [-0.25, -0.2) is 0 Å². The third kappa shape index (κ3) is 5.02. The first-order chi connectivity index (χ1) is 10.7. The molecule has 0 aliphatic heterocycles. The molecule has 0 radical (unpaired) electrons. The Labute approximate surface area is 133 Å². The molecule has 4 nitrogen and oxygen atoms in total. The minimum Gasteiger partial charge on any atom is -0.484 e. The molecule has 2 unspecified atom stereocenters. The average molecular weight is 304 g/mol. The predicted octanol–water partition coefficient (Wildman–Crippen LogP) is 2.82. The Balaban J connectivity index is 1.79. The van der Waals surface area contributed by atoms with E-state index in [4.69, 9.17) is 10.5 Å². The molecule has 1 aromatic carbocycles.